The van der Waals surface area contributed by atoms with Gasteiger partial charge in [-0.2, -0.15) is 0 Å². The van der Waals surface area contributed by atoms with E-state index in [9.17, 15) is 18.4 Å². The average Bonchev–Trinajstić information content (AvgIpc) is 2.72. The first-order chi connectivity index (χ1) is 13.4. The molecule has 0 fully saturated rings. The predicted octanol–water partition coefficient (Wildman–Crippen LogP) is 4.66. The zero-order chi connectivity index (χ0) is 20.3. The van der Waals surface area contributed by atoms with Gasteiger partial charge in [0.05, 0.1) is 13.0 Å². The first-order valence-electron chi connectivity index (χ1n) is 8.61. The summed E-state index contributed by atoms with van der Waals surface area (Å²) in [7, 11) is 1.59. The number of Topliss-reactive ketones (excluding diaryl/α,β-unsaturated/α-hetero) is 1. The standard InChI is InChI=1S/C22H18F2O4/c1-13(14-3-4-16-10-18(27-2)7-5-15(16)9-14)22(26)28-12-21(25)17-6-8-19(23)20(24)11-17/h3-11,13H,12H2,1-2H3/t13-/m0/s1. The predicted molar refractivity (Wildman–Crippen MR) is 101 cm³/mol. The van der Waals surface area contributed by atoms with E-state index >= 15 is 0 Å². The zero-order valence-corrected chi connectivity index (χ0v) is 15.4. The molecule has 6 heteroatoms. The van der Waals surface area contributed by atoms with Gasteiger partial charge in [-0.05, 0) is 53.6 Å². The first-order valence-corrected chi connectivity index (χ1v) is 8.61. The number of rotatable bonds is 6. The summed E-state index contributed by atoms with van der Waals surface area (Å²) in [4.78, 5) is 24.3. The van der Waals surface area contributed by atoms with E-state index in [1.54, 1.807) is 14.0 Å². The van der Waals surface area contributed by atoms with Crippen LogP contribution in [0.1, 0.15) is 28.8 Å². The fraction of sp³-hybridized carbons (Fsp3) is 0.182. The Hall–Kier alpha value is -3.28. The van der Waals surface area contributed by atoms with Crippen molar-refractivity contribution in [2.45, 2.75) is 12.8 Å². The third kappa shape index (κ3) is 4.17. The second-order valence-electron chi connectivity index (χ2n) is 6.35. The minimum Gasteiger partial charge on any atom is -0.497 e. The van der Waals surface area contributed by atoms with Crippen molar-refractivity contribution in [3.8, 4) is 5.75 Å². The van der Waals surface area contributed by atoms with Crippen LogP contribution < -0.4 is 4.74 Å². The number of esters is 1. The van der Waals surface area contributed by atoms with Crippen LogP contribution in [0.2, 0.25) is 0 Å². The number of benzene rings is 3. The third-order valence-electron chi connectivity index (χ3n) is 4.51. The van der Waals surface area contributed by atoms with E-state index in [1.807, 2.05) is 36.4 Å². The first kappa shape index (κ1) is 19.5. The third-order valence-corrected chi connectivity index (χ3v) is 4.51. The molecule has 0 saturated heterocycles. The summed E-state index contributed by atoms with van der Waals surface area (Å²) in [5, 5.41) is 1.91. The highest BCUT2D eigenvalue weighted by Crippen LogP contribution is 2.25. The van der Waals surface area contributed by atoms with Crippen molar-refractivity contribution in [1.82, 2.24) is 0 Å². The lowest BCUT2D eigenvalue weighted by atomic mass is 9.98. The molecule has 0 N–H and O–H groups in total. The van der Waals surface area contributed by atoms with E-state index in [2.05, 4.69) is 0 Å². The van der Waals surface area contributed by atoms with Crippen LogP contribution >= 0.6 is 0 Å². The summed E-state index contributed by atoms with van der Waals surface area (Å²) in [6.45, 7) is 1.13. The van der Waals surface area contributed by atoms with Gasteiger partial charge < -0.3 is 9.47 Å². The lowest BCUT2D eigenvalue weighted by Gasteiger charge is -2.13. The molecule has 0 saturated carbocycles. The number of hydrogen-bond acceptors (Lipinski definition) is 4. The number of fused-ring (bicyclic) bond motifs is 1. The van der Waals surface area contributed by atoms with E-state index in [0.29, 0.717) is 0 Å². The summed E-state index contributed by atoms with van der Waals surface area (Å²) in [6.07, 6.45) is 0. The van der Waals surface area contributed by atoms with E-state index in [4.69, 9.17) is 9.47 Å². The zero-order valence-electron chi connectivity index (χ0n) is 15.4. The Kier molecular flexibility index (Phi) is 5.68. The number of carbonyl (C=O) groups excluding carboxylic acids is 2. The molecule has 0 amide bonds. The van der Waals surface area contributed by atoms with Crippen molar-refractivity contribution in [3.63, 3.8) is 0 Å². The van der Waals surface area contributed by atoms with Crippen LogP contribution in [0.3, 0.4) is 0 Å². The number of carbonyl (C=O) groups is 2. The van der Waals surface area contributed by atoms with Crippen molar-refractivity contribution in [3.05, 3.63) is 77.4 Å². The van der Waals surface area contributed by atoms with Crippen molar-refractivity contribution in [2.75, 3.05) is 13.7 Å². The Labute approximate surface area is 160 Å². The molecular weight excluding hydrogens is 366 g/mol. The van der Waals surface area contributed by atoms with Crippen LogP contribution in [0.4, 0.5) is 8.78 Å². The summed E-state index contributed by atoms with van der Waals surface area (Å²) in [5.41, 5.74) is 0.682. The van der Waals surface area contributed by atoms with Gasteiger partial charge in [-0.3, -0.25) is 9.59 Å². The molecule has 0 radical (unpaired) electrons. The number of ether oxygens (including phenoxy) is 2. The lowest BCUT2D eigenvalue weighted by molar-refractivity contribution is -0.143. The van der Waals surface area contributed by atoms with Crippen LogP contribution in [-0.2, 0) is 9.53 Å². The van der Waals surface area contributed by atoms with Crippen molar-refractivity contribution >= 4 is 22.5 Å². The molecule has 0 aliphatic heterocycles. The molecule has 0 spiro atoms. The molecule has 3 rings (SSSR count). The Morgan fingerprint density at radius 3 is 2.36 bits per heavy atom. The van der Waals surface area contributed by atoms with E-state index in [0.717, 1.165) is 40.3 Å². The van der Waals surface area contributed by atoms with Gasteiger partial charge in [-0.1, -0.05) is 24.3 Å². The quantitative estimate of drug-likeness (QED) is 0.458. The molecule has 0 bridgehead atoms. The maximum Gasteiger partial charge on any atom is 0.313 e. The largest absolute Gasteiger partial charge is 0.497 e. The summed E-state index contributed by atoms with van der Waals surface area (Å²) in [6, 6.07) is 14.0. The maximum atomic E-state index is 13.2. The van der Waals surface area contributed by atoms with Gasteiger partial charge in [-0.15, -0.1) is 0 Å². The fourth-order valence-corrected chi connectivity index (χ4v) is 2.79. The van der Waals surface area contributed by atoms with Crippen molar-refractivity contribution in [2.24, 2.45) is 0 Å². The lowest BCUT2D eigenvalue weighted by Crippen LogP contribution is -2.18. The van der Waals surface area contributed by atoms with Crippen LogP contribution in [0.5, 0.6) is 5.75 Å². The van der Waals surface area contributed by atoms with Crippen LogP contribution in [0.25, 0.3) is 10.8 Å². The molecule has 0 unspecified atom stereocenters. The molecule has 4 nitrogen and oxygen atoms in total. The minimum atomic E-state index is -1.13. The van der Waals surface area contributed by atoms with Crippen molar-refractivity contribution in [1.29, 1.82) is 0 Å². The highest BCUT2D eigenvalue weighted by molar-refractivity contribution is 5.98. The van der Waals surface area contributed by atoms with Crippen LogP contribution in [0.15, 0.2) is 54.6 Å². The maximum absolute atomic E-state index is 13.2. The molecule has 0 aliphatic rings. The number of halogens is 2. The number of ketones is 1. The smallest absolute Gasteiger partial charge is 0.313 e. The molecule has 1 atom stereocenters. The second kappa shape index (κ2) is 8.17. The molecule has 0 aliphatic carbocycles. The van der Waals surface area contributed by atoms with E-state index in [-0.39, 0.29) is 5.56 Å². The average molecular weight is 384 g/mol. The van der Waals surface area contributed by atoms with Gasteiger partial charge in [0.15, 0.2) is 24.0 Å². The minimum absolute atomic E-state index is 0.0565. The van der Waals surface area contributed by atoms with Gasteiger partial charge in [0, 0.05) is 5.56 Å². The summed E-state index contributed by atoms with van der Waals surface area (Å²) < 4.78 is 36.4. The topological polar surface area (TPSA) is 52.6 Å². The highest BCUT2D eigenvalue weighted by Gasteiger charge is 2.19. The molecule has 144 valence electrons. The number of methoxy groups -OCH3 is 1. The Balaban J connectivity index is 1.67. The normalized spacial score (nSPS) is 11.9. The summed E-state index contributed by atoms with van der Waals surface area (Å²) >= 11 is 0. The van der Waals surface area contributed by atoms with E-state index < -0.39 is 35.9 Å². The Morgan fingerprint density at radius 1 is 0.929 bits per heavy atom. The van der Waals surface area contributed by atoms with Crippen molar-refractivity contribution < 1.29 is 27.8 Å². The van der Waals surface area contributed by atoms with Gasteiger partial charge >= 0.3 is 5.97 Å². The summed E-state index contributed by atoms with van der Waals surface area (Å²) in [5.74, 6) is -3.21. The monoisotopic (exact) mass is 384 g/mol. The molecular formula is C22H18F2O4. The van der Waals surface area contributed by atoms with Gasteiger partial charge in [0.25, 0.3) is 0 Å². The SMILES string of the molecule is COc1ccc2cc([C@H](C)C(=O)OCC(=O)c3ccc(F)c(F)c3)ccc2c1. The van der Waals surface area contributed by atoms with Gasteiger partial charge in [-0.25, -0.2) is 8.78 Å². The van der Waals surface area contributed by atoms with Gasteiger partial charge in [0.2, 0.25) is 0 Å². The molecule has 3 aromatic carbocycles. The van der Waals surface area contributed by atoms with Gasteiger partial charge in [0.1, 0.15) is 5.75 Å². The van der Waals surface area contributed by atoms with E-state index in [1.165, 1.54) is 0 Å². The molecule has 0 heterocycles. The molecule has 3 aromatic rings. The van der Waals surface area contributed by atoms with Crippen LogP contribution in [-0.4, -0.2) is 25.5 Å². The highest BCUT2D eigenvalue weighted by atomic mass is 19.2. The second-order valence-corrected chi connectivity index (χ2v) is 6.35. The number of hydrogen-bond donors (Lipinski definition) is 0. The Bertz CT molecular complexity index is 1050. The molecule has 0 aromatic heterocycles. The fourth-order valence-electron chi connectivity index (χ4n) is 2.79. The Morgan fingerprint density at radius 2 is 1.64 bits per heavy atom. The molecule has 28 heavy (non-hydrogen) atoms. The van der Waals surface area contributed by atoms with Crippen LogP contribution in [0, 0.1) is 11.6 Å².